The van der Waals surface area contributed by atoms with Crippen molar-refractivity contribution in [2.24, 2.45) is 23.7 Å². The minimum atomic E-state index is -0.394. The van der Waals surface area contributed by atoms with Crippen LogP contribution in [-0.2, 0) is 28.7 Å². The third-order valence-corrected chi connectivity index (χ3v) is 15.9. The van der Waals surface area contributed by atoms with Crippen LogP contribution in [0.1, 0.15) is 135 Å². The first-order chi connectivity index (χ1) is 42.1. The highest BCUT2D eigenvalue weighted by atomic mass is 16.5. The summed E-state index contributed by atoms with van der Waals surface area (Å²) in [6, 6.07) is 34.1. The number of fused-ring (bicyclic) bond motifs is 3. The molecule has 0 N–H and O–H groups in total. The first-order valence-corrected chi connectivity index (χ1v) is 31.1. The number of aromatic nitrogens is 1. The molecule has 0 aliphatic heterocycles. The number of hydrogen-bond donors (Lipinski definition) is 0. The molecule has 458 valence electrons. The van der Waals surface area contributed by atoms with Gasteiger partial charge in [-0.15, -0.1) is 0 Å². The monoisotopic (exact) mass is 1180 g/mol. The molecule has 0 amide bonds. The van der Waals surface area contributed by atoms with Crippen molar-refractivity contribution in [3.05, 3.63) is 135 Å². The molecule has 0 saturated heterocycles. The zero-order valence-electron chi connectivity index (χ0n) is 50.0. The van der Waals surface area contributed by atoms with E-state index < -0.39 is 11.9 Å². The normalized spacial score (nSPS) is 16.5. The van der Waals surface area contributed by atoms with Crippen molar-refractivity contribution in [3.63, 3.8) is 0 Å². The molecule has 0 spiro atoms. The quantitative estimate of drug-likeness (QED) is 0.0119. The van der Waals surface area contributed by atoms with Crippen LogP contribution in [0, 0.1) is 23.7 Å². The van der Waals surface area contributed by atoms with Crippen LogP contribution in [0.25, 0.3) is 21.7 Å². The van der Waals surface area contributed by atoms with E-state index in [1.165, 1.54) is 25.0 Å². The number of nitrogens with zero attached hydrogens (tertiary/aromatic N) is 1. The summed E-state index contributed by atoms with van der Waals surface area (Å²) in [6.45, 7) is 12.6. The van der Waals surface area contributed by atoms with Crippen molar-refractivity contribution in [1.29, 1.82) is 0 Å². The summed E-state index contributed by atoms with van der Waals surface area (Å²) in [6.07, 6.45) is 20.4. The fourth-order valence-corrected chi connectivity index (χ4v) is 10.8. The molecule has 0 unspecified atom stereocenters. The molecule has 1 aromatic heterocycles. The molecule has 15 heteroatoms. The number of ether oxygens (including phenoxy) is 10. The van der Waals surface area contributed by atoms with Gasteiger partial charge in [0, 0.05) is 29.0 Å². The number of pyridine rings is 1. The minimum Gasteiger partial charge on any atom is -0.494 e. The highest BCUT2D eigenvalue weighted by molar-refractivity contribution is 6.08. The summed E-state index contributed by atoms with van der Waals surface area (Å²) in [5.41, 5.74) is 0.733. The molecule has 5 aromatic carbocycles. The van der Waals surface area contributed by atoms with E-state index in [1.54, 1.807) is 24.3 Å². The molecule has 0 bridgehead atoms. The van der Waals surface area contributed by atoms with Crippen LogP contribution in [0.4, 0.5) is 0 Å². The first kappa shape index (κ1) is 63.9. The van der Waals surface area contributed by atoms with Gasteiger partial charge in [0.25, 0.3) is 0 Å². The lowest BCUT2D eigenvalue weighted by Gasteiger charge is -2.27. The number of benzene rings is 5. The number of esters is 4. The third kappa shape index (κ3) is 20.9. The van der Waals surface area contributed by atoms with E-state index in [0.717, 1.165) is 154 Å². The summed E-state index contributed by atoms with van der Waals surface area (Å²) >= 11 is 0. The van der Waals surface area contributed by atoms with Crippen molar-refractivity contribution < 1.29 is 66.5 Å². The zero-order chi connectivity index (χ0) is 60.1. The number of carbonyl (C=O) groups is 4. The maximum absolute atomic E-state index is 13.3. The molecule has 6 aromatic rings. The Bertz CT molecular complexity index is 3090. The van der Waals surface area contributed by atoms with Crippen LogP contribution in [-0.4, -0.2) is 75.1 Å². The molecule has 15 nitrogen and oxygen atoms in total. The molecule has 2 fully saturated rings. The lowest BCUT2D eigenvalue weighted by Crippen LogP contribution is -2.27. The van der Waals surface area contributed by atoms with E-state index in [9.17, 15) is 19.2 Å². The third-order valence-electron chi connectivity index (χ3n) is 15.9. The van der Waals surface area contributed by atoms with Gasteiger partial charge in [-0.3, -0.25) is 9.59 Å². The van der Waals surface area contributed by atoms with Crippen LogP contribution >= 0.6 is 0 Å². The van der Waals surface area contributed by atoms with E-state index in [4.69, 9.17) is 52.4 Å². The second kappa shape index (κ2) is 34.8. The van der Waals surface area contributed by atoms with Gasteiger partial charge in [-0.1, -0.05) is 39.3 Å². The smallest absolute Gasteiger partial charge is 0.330 e. The van der Waals surface area contributed by atoms with Gasteiger partial charge >= 0.3 is 23.9 Å². The molecular weight excluding hydrogens is 1090 g/mol. The van der Waals surface area contributed by atoms with E-state index in [1.807, 2.05) is 78.9 Å². The number of carbonyl (C=O) groups excluding carboxylic acids is 4. The van der Waals surface area contributed by atoms with E-state index >= 15 is 0 Å². The summed E-state index contributed by atoms with van der Waals surface area (Å²) in [4.78, 5) is 53.9. The zero-order valence-corrected chi connectivity index (χ0v) is 50.0. The summed E-state index contributed by atoms with van der Waals surface area (Å²) in [5, 5.41) is 2.73. The van der Waals surface area contributed by atoms with Gasteiger partial charge in [0.1, 0.15) is 46.0 Å². The first-order valence-electron chi connectivity index (χ1n) is 31.1. The standard InChI is InChI=1S/C71H85NO14/c1-4-7-8-13-42-77-55-26-32-58(33-27-55)84-69-65-47-61(82-49-51-18-22-53(23-19-51)70(75)85-59-34-28-56(29-35-59)78-43-14-9-11-16-45-80-67(73)5-2)38-40-63(65)64-41-39-62(48-66(64)72-69)83-50-52-20-24-54(25-21-52)71(76)86-60-36-30-57(31-37-60)79-44-15-10-12-17-46-81-68(74)6-3/h5-6,26-41,47-48,51-54H,2-4,7-25,42-46,49-50H2,1H3. The largest absolute Gasteiger partial charge is 0.494 e. The summed E-state index contributed by atoms with van der Waals surface area (Å²) in [7, 11) is 0. The minimum absolute atomic E-state index is 0.177. The molecule has 0 radical (unpaired) electrons. The Kier molecular flexibility index (Phi) is 25.9. The highest BCUT2D eigenvalue weighted by Crippen LogP contribution is 2.39. The van der Waals surface area contributed by atoms with E-state index in [-0.39, 0.29) is 35.6 Å². The second-order valence-electron chi connectivity index (χ2n) is 22.4. The SMILES string of the molecule is C=CC(=O)OCCCCCCOc1ccc(OC(=O)C2CCC(COc3ccc4c(c3)nc(Oc3ccc(OCCCCCC)cc3)c3cc(OCC5CCC(C(=O)Oc6ccc(OCCCCCCOC(=O)C=C)cc6)CC5)ccc34)CC2)cc1. The maximum Gasteiger partial charge on any atom is 0.330 e. The van der Waals surface area contributed by atoms with Crippen molar-refractivity contribution in [3.8, 4) is 51.9 Å². The Labute approximate surface area is 506 Å². The average Bonchev–Trinajstić information content (AvgIpc) is 1.09. The molecule has 1 heterocycles. The molecule has 2 aliphatic rings. The molecule has 2 saturated carbocycles. The van der Waals surface area contributed by atoms with E-state index in [0.29, 0.717) is 80.9 Å². The van der Waals surface area contributed by atoms with Crippen molar-refractivity contribution in [2.75, 3.05) is 46.2 Å². The average molecular weight is 1180 g/mol. The Morgan fingerprint density at radius 1 is 0.419 bits per heavy atom. The summed E-state index contributed by atoms with van der Waals surface area (Å²) in [5.74, 6) is 4.71. The van der Waals surface area contributed by atoms with Crippen molar-refractivity contribution >= 4 is 45.6 Å². The fraction of sp³-hybridized carbons (Fsp3) is 0.451. The molecule has 2 aliphatic carbocycles. The van der Waals surface area contributed by atoms with Gasteiger partial charge in [-0.05, 0) is 230 Å². The Morgan fingerprint density at radius 2 is 0.802 bits per heavy atom. The van der Waals surface area contributed by atoms with Gasteiger partial charge in [0.05, 0.1) is 63.6 Å². The molecule has 0 atom stereocenters. The van der Waals surface area contributed by atoms with Crippen LogP contribution in [0.5, 0.6) is 51.9 Å². The Morgan fingerprint density at radius 3 is 1.24 bits per heavy atom. The van der Waals surface area contributed by atoms with Crippen LogP contribution in [0.3, 0.4) is 0 Å². The Balaban J connectivity index is 0.806. The predicted octanol–water partition coefficient (Wildman–Crippen LogP) is 16.1. The van der Waals surface area contributed by atoms with Gasteiger partial charge in [0.2, 0.25) is 5.88 Å². The lowest BCUT2D eigenvalue weighted by molar-refractivity contribution is -0.141. The van der Waals surface area contributed by atoms with Crippen LogP contribution in [0.15, 0.2) is 135 Å². The van der Waals surface area contributed by atoms with Crippen molar-refractivity contribution in [1.82, 2.24) is 4.98 Å². The Hall–Kier alpha value is -8.07. The molecular formula is C71H85NO14. The van der Waals surface area contributed by atoms with Crippen LogP contribution < -0.4 is 37.9 Å². The lowest BCUT2D eigenvalue weighted by atomic mass is 9.82. The van der Waals surface area contributed by atoms with Gasteiger partial charge in [0.15, 0.2) is 0 Å². The van der Waals surface area contributed by atoms with Crippen molar-refractivity contribution in [2.45, 2.75) is 135 Å². The van der Waals surface area contributed by atoms with Gasteiger partial charge < -0.3 is 47.4 Å². The topological polar surface area (TPSA) is 173 Å². The predicted molar refractivity (Wildman–Crippen MR) is 332 cm³/mol. The molecule has 8 rings (SSSR count). The van der Waals surface area contributed by atoms with Gasteiger partial charge in [-0.2, -0.15) is 0 Å². The van der Waals surface area contributed by atoms with Crippen LogP contribution in [0.2, 0.25) is 0 Å². The highest BCUT2D eigenvalue weighted by Gasteiger charge is 2.30. The number of hydrogen-bond acceptors (Lipinski definition) is 15. The second-order valence-corrected chi connectivity index (χ2v) is 22.4. The molecule has 86 heavy (non-hydrogen) atoms. The van der Waals surface area contributed by atoms with Gasteiger partial charge in [-0.25, -0.2) is 14.6 Å². The fourth-order valence-electron chi connectivity index (χ4n) is 10.8. The number of unbranched alkanes of at least 4 members (excludes halogenated alkanes) is 9. The van der Waals surface area contributed by atoms with E-state index in [2.05, 4.69) is 26.1 Å². The maximum atomic E-state index is 13.3. The summed E-state index contributed by atoms with van der Waals surface area (Å²) < 4.78 is 59.0. The number of rotatable bonds is 36.